The third-order valence-electron chi connectivity index (χ3n) is 6.84. The summed E-state index contributed by atoms with van der Waals surface area (Å²) in [7, 11) is -5.72. The molecule has 0 fully saturated rings. The first-order valence-electron chi connectivity index (χ1n) is 13.0. The number of rotatable bonds is 15. The van der Waals surface area contributed by atoms with E-state index in [2.05, 4.69) is 0 Å². The maximum Gasteiger partial charge on any atom is 0.321 e. The summed E-state index contributed by atoms with van der Waals surface area (Å²) in [6.45, 7) is 1.53. The van der Waals surface area contributed by atoms with Crippen molar-refractivity contribution in [1.29, 1.82) is 0 Å². The van der Waals surface area contributed by atoms with Gasteiger partial charge in [-0.05, 0) is 66.6 Å². The molecule has 2 atom stereocenters. The molecule has 0 aromatic heterocycles. The lowest BCUT2D eigenvalue weighted by Gasteiger charge is -2.28. The predicted octanol–water partition coefficient (Wildman–Crippen LogP) is 3.28. The molecule has 2 N–H and O–H groups in total. The quantitative estimate of drug-likeness (QED) is 0.253. The van der Waals surface area contributed by atoms with E-state index >= 15 is 0 Å². The number of methoxy groups -OCH3 is 2. The zero-order chi connectivity index (χ0) is 31.9. The van der Waals surface area contributed by atoms with E-state index in [1.807, 2.05) is 0 Å². The van der Waals surface area contributed by atoms with Crippen LogP contribution in [0.2, 0.25) is 0 Å². The normalized spacial score (nSPS) is 13.4. The van der Waals surface area contributed by atoms with Gasteiger partial charge in [-0.25, -0.2) is 16.8 Å². The second kappa shape index (κ2) is 14.0. The van der Waals surface area contributed by atoms with Gasteiger partial charge in [0.05, 0.1) is 29.9 Å². The SMILES string of the molecule is COc1ccc(S(=O)(=O)N(Cc2ccccc2CN([C@H](C)C(=O)O)S(=O)(=O)c2ccc(OC)cc2)CC(C)C(=O)O)cc1. The van der Waals surface area contributed by atoms with Crippen molar-refractivity contribution >= 4 is 32.0 Å². The molecule has 0 aliphatic rings. The van der Waals surface area contributed by atoms with Gasteiger partial charge in [-0.3, -0.25) is 9.59 Å². The lowest BCUT2D eigenvalue weighted by Crippen LogP contribution is -2.43. The average Bonchev–Trinajstić information content (AvgIpc) is 2.99. The van der Waals surface area contributed by atoms with Gasteiger partial charge in [-0.1, -0.05) is 31.2 Å². The molecule has 3 rings (SSSR count). The van der Waals surface area contributed by atoms with Gasteiger partial charge in [0.1, 0.15) is 17.5 Å². The Hall–Kier alpha value is -3.98. The Balaban J connectivity index is 2.06. The van der Waals surface area contributed by atoms with E-state index in [1.165, 1.54) is 76.6 Å². The molecule has 0 spiro atoms. The number of ether oxygens (including phenoxy) is 2. The van der Waals surface area contributed by atoms with Gasteiger partial charge in [0.25, 0.3) is 0 Å². The predicted molar refractivity (Wildman–Crippen MR) is 157 cm³/mol. The van der Waals surface area contributed by atoms with Crippen molar-refractivity contribution in [3.63, 3.8) is 0 Å². The lowest BCUT2D eigenvalue weighted by atomic mass is 10.1. The molecule has 0 saturated carbocycles. The lowest BCUT2D eigenvalue weighted by molar-refractivity contribution is -0.142. The third-order valence-corrected chi connectivity index (χ3v) is 10.6. The molecule has 43 heavy (non-hydrogen) atoms. The van der Waals surface area contributed by atoms with Crippen LogP contribution in [0.5, 0.6) is 11.5 Å². The van der Waals surface area contributed by atoms with E-state index in [0.717, 1.165) is 8.61 Å². The van der Waals surface area contributed by atoms with E-state index in [-0.39, 0.29) is 22.9 Å². The summed E-state index contributed by atoms with van der Waals surface area (Å²) in [5, 5.41) is 19.3. The minimum absolute atomic E-state index is 0.0911. The van der Waals surface area contributed by atoms with Crippen molar-refractivity contribution in [1.82, 2.24) is 8.61 Å². The van der Waals surface area contributed by atoms with Crippen LogP contribution in [0, 0.1) is 5.92 Å². The fourth-order valence-electron chi connectivity index (χ4n) is 4.19. The molecule has 3 aromatic rings. The molecule has 0 bridgehead atoms. The maximum atomic E-state index is 13.7. The molecule has 1 unspecified atom stereocenters. The van der Waals surface area contributed by atoms with E-state index in [0.29, 0.717) is 22.6 Å². The second-order valence-corrected chi connectivity index (χ2v) is 13.5. The van der Waals surface area contributed by atoms with Gasteiger partial charge in [-0.2, -0.15) is 8.61 Å². The molecule has 232 valence electrons. The highest BCUT2D eigenvalue weighted by Gasteiger charge is 2.34. The number of nitrogens with zero attached hydrogens (tertiary/aromatic N) is 2. The van der Waals surface area contributed by atoms with Crippen LogP contribution in [-0.2, 0) is 42.7 Å². The molecular weight excluding hydrogens is 600 g/mol. The zero-order valence-corrected chi connectivity index (χ0v) is 25.7. The number of hydrogen-bond acceptors (Lipinski definition) is 8. The summed E-state index contributed by atoms with van der Waals surface area (Å²) >= 11 is 0. The van der Waals surface area contributed by atoms with Crippen molar-refractivity contribution in [2.75, 3.05) is 20.8 Å². The van der Waals surface area contributed by atoms with Crippen LogP contribution in [-0.4, -0.2) is 74.4 Å². The van der Waals surface area contributed by atoms with Gasteiger partial charge in [-0.15, -0.1) is 0 Å². The molecule has 0 aliphatic heterocycles. The van der Waals surface area contributed by atoms with Crippen molar-refractivity contribution in [3.05, 3.63) is 83.9 Å². The van der Waals surface area contributed by atoms with Crippen LogP contribution < -0.4 is 9.47 Å². The standard InChI is InChI=1S/C29H34N2O10S2/c1-20(28(32)33)17-30(42(36,37)26-13-9-24(40-3)10-14-26)18-22-7-5-6-8-23(22)19-31(21(2)29(34)35)43(38,39)27-15-11-25(41-4)12-16-27/h5-16,20-21H,17-19H2,1-4H3,(H,32,33)(H,34,35)/t20?,21-/m1/s1. The van der Waals surface area contributed by atoms with Crippen molar-refractivity contribution in [3.8, 4) is 11.5 Å². The molecule has 3 aromatic carbocycles. The van der Waals surface area contributed by atoms with Gasteiger partial charge >= 0.3 is 11.9 Å². The number of aliphatic carboxylic acids is 2. The fourth-order valence-corrected chi connectivity index (χ4v) is 7.26. The first kappa shape index (κ1) is 33.5. The van der Waals surface area contributed by atoms with Crippen LogP contribution in [0.4, 0.5) is 0 Å². The summed E-state index contributed by atoms with van der Waals surface area (Å²) < 4.78 is 66.8. The largest absolute Gasteiger partial charge is 0.497 e. The summed E-state index contributed by atoms with van der Waals surface area (Å²) in [6.07, 6.45) is 0. The first-order chi connectivity index (χ1) is 20.2. The summed E-state index contributed by atoms with van der Waals surface area (Å²) in [5.41, 5.74) is 0.704. The summed E-state index contributed by atoms with van der Waals surface area (Å²) in [6, 6.07) is 16.0. The summed E-state index contributed by atoms with van der Waals surface area (Å²) in [5.74, 6) is -2.81. The third kappa shape index (κ3) is 7.90. The van der Waals surface area contributed by atoms with Crippen LogP contribution in [0.15, 0.2) is 82.6 Å². The van der Waals surface area contributed by atoms with Gasteiger partial charge in [0, 0.05) is 19.6 Å². The van der Waals surface area contributed by atoms with Crippen LogP contribution in [0.3, 0.4) is 0 Å². The van der Waals surface area contributed by atoms with Crippen LogP contribution >= 0.6 is 0 Å². The summed E-state index contributed by atoms with van der Waals surface area (Å²) in [4.78, 5) is 23.5. The Morgan fingerprint density at radius 2 is 1.14 bits per heavy atom. The van der Waals surface area contributed by atoms with Crippen LogP contribution in [0.1, 0.15) is 25.0 Å². The fraction of sp³-hybridized carbons (Fsp3) is 0.310. The number of carboxylic acid groups (broad SMARTS) is 2. The molecular formula is C29H34N2O10S2. The first-order valence-corrected chi connectivity index (χ1v) is 15.9. The highest BCUT2D eigenvalue weighted by molar-refractivity contribution is 7.89. The van der Waals surface area contributed by atoms with E-state index < -0.39 is 50.5 Å². The maximum absolute atomic E-state index is 13.7. The Morgan fingerprint density at radius 1 is 0.698 bits per heavy atom. The Labute approximate surface area is 251 Å². The van der Waals surface area contributed by atoms with Crippen molar-refractivity contribution in [2.45, 2.75) is 42.8 Å². The molecule has 0 amide bonds. The highest BCUT2D eigenvalue weighted by Crippen LogP contribution is 2.27. The number of benzene rings is 3. The monoisotopic (exact) mass is 634 g/mol. The van der Waals surface area contributed by atoms with Crippen LogP contribution in [0.25, 0.3) is 0 Å². The number of sulfonamides is 2. The molecule has 0 radical (unpaired) electrons. The van der Waals surface area contributed by atoms with Gasteiger partial charge < -0.3 is 19.7 Å². The Morgan fingerprint density at radius 3 is 1.56 bits per heavy atom. The Bertz CT molecular complexity index is 1640. The van der Waals surface area contributed by atoms with Crippen molar-refractivity contribution in [2.24, 2.45) is 5.92 Å². The topological polar surface area (TPSA) is 168 Å². The molecule has 0 aliphatic carbocycles. The molecule has 0 heterocycles. The number of hydrogen-bond donors (Lipinski definition) is 2. The average molecular weight is 635 g/mol. The number of carbonyl (C=O) groups is 2. The van der Waals surface area contributed by atoms with Gasteiger partial charge in [0.15, 0.2) is 0 Å². The molecule has 12 nitrogen and oxygen atoms in total. The minimum Gasteiger partial charge on any atom is -0.497 e. The van der Waals surface area contributed by atoms with E-state index in [9.17, 15) is 36.6 Å². The highest BCUT2D eigenvalue weighted by atomic mass is 32.2. The Kier molecular flexibility index (Phi) is 10.9. The van der Waals surface area contributed by atoms with Crippen molar-refractivity contribution < 1.29 is 46.1 Å². The van der Waals surface area contributed by atoms with Gasteiger partial charge in [0.2, 0.25) is 20.0 Å². The van der Waals surface area contributed by atoms with E-state index in [4.69, 9.17) is 9.47 Å². The molecule has 14 heteroatoms. The smallest absolute Gasteiger partial charge is 0.321 e. The zero-order valence-electron chi connectivity index (χ0n) is 24.1. The second-order valence-electron chi connectivity index (χ2n) is 9.72. The molecule has 0 saturated heterocycles. The minimum atomic E-state index is -4.35. The van der Waals surface area contributed by atoms with E-state index in [1.54, 1.807) is 24.3 Å². The number of carboxylic acids is 2.